The lowest BCUT2D eigenvalue weighted by Gasteiger charge is -2.27. The van der Waals surface area contributed by atoms with Gasteiger partial charge in [0.15, 0.2) is 0 Å². The lowest BCUT2D eigenvalue weighted by molar-refractivity contribution is 0.825. The molecule has 0 N–H and O–H groups in total. The van der Waals surface area contributed by atoms with Crippen LogP contribution in [0.3, 0.4) is 0 Å². The zero-order valence-electron chi connectivity index (χ0n) is 11.2. The zero-order valence-corrected chi connectivity index (χ0v) is 12.2. The molecule has 0 spiro atoms. The Morgan fingerprint density at radius 2 is 1.50 bits per heavy atom. The fraction of sp³-hybridized carbons (Fsp3) is 0.467. The molecule has 0 heterocycles. The molecule has 1 rings (SSSR count). The number of allylic oxidation sites excluding steroid dienone is 2. The van der Waals surface area contributed by atoms with Gasteiger partial charge in [-0.05, 0) is 17.0 Å². The standard InChI is InChI=1S/C15H24Si/c1-13(2)11-12-15(16(3,4)5)14-9-7-6-8-10-14/h6-13,15H,1-5H3/b12-11+/t15-/m1/s1. The zero-order chi connectivity index (χ0) is 12.2. The van der Waals surface area contributed by atoms with Crippen molar-refractivity contribution in [2.24, 2.45) is 5.92 Å². The van der Waals surface area contributed by atoms with Crippen LogP contribution in [0.2, 0.25) is 19.6 Å². The van der Waals surface area contributed by atoms with Crippen LogP contribution in [0.1, 0.15) is 25.0 Å². The lowest BCUT2D eigenvalue weighted by Crippen LogP contribution is -2.29. The van der Waals surface area contributed by atoms with E-state index in [0.717, 1.165) is 0 Å². The van der Waals surface area contributed by atoms with Gasteiger partial charge in [0.1, 0.15) is 0 Å². The summed E-state index contributed by atoms with van der Waals surface area (Å²) in [5, 5.41) is 0. The third-order valence-electron chi connectivity index (χ3n) is 2.78. The average Bonchev–Trinajstić information content (AvgIpc) is 2.17. The summed E-state index contributed by atoms with van der Waals surface area (Å²) in [6.07, 6.45) is 4.77. The number of hydrogen-bond donors (Lipinski definition) is 0. The fourth-order valence-corrected chi connectivity index (χ4v) is 3.77. The Balaban J connectivity index is 2.98. The molecule has 0 nitrogen and oxygen atoms in total. The van der Waals surface area contributed by atoms with Crippen molar-refractivity contribution in [3.63, 3.8) is 0 Å². The largest absolute Gasteiger partial charge is 0.0856 e. The molecule has 0 saturated carbocycles. The van der Waals surface area contributed by atoms with E-state index in [2.05, 4.69) is 76.0 Å². The first kappa shape index (κ1) is 13.2. The van der Waals surface area contributed by atoms with E-state index < -0.39 is 8.07 Å². The van der Waals surface area contributed by atoms with E-state index in [-0.39, 0.29) is 0 Å². The topological polar surface area (TPSA) is 0 Å². The summed E-state index contributed by atoms with van der Waals surface area (Å²) in [4.78, 5) is 0. The number of benzene rings is 1. The van der Waals surface area contributed by atoms with Gasteiger partial charge in [0, 0.05) is 0 Å². The van der Waals surface area contributed by atoms with Gasteiger partial charge in [0.05, 0.1) is 8.07 Å². The van der Waals surface area contributed by atoms with Gasteiger partial charge in [0.25, 0.3) is 0 Å². The van der Waals surface area contributed by atoms with Gasteiger partial charge in [-0.1, -0.05) is 76.0 Å². The van der Waals surface area contributed by atoms with Crippen LogP contribution in [0, 0.1) is 5.92 Å². The summed E-state index contributed by atoms with van der Waals surface area (Å²) in [7, 11) is -1.18. The maximum absolute atomic E-state index is 2.44. The van der Waals surface area contributed by atoms with Gasteiger partial charge < -0.3 is 0 Å². The Morgan fingerprint density at radius 1 is 0.938 bits per heavy atom. The van der Waals surface area contributed by atoms with Crippen LogP contribution in [-0.4, -0.2) is 8.07 Å². The van der Waals surface area contributed by atoms with E-state index in [1.165, 1.54) is 5.56 Å². The van der Waals surface area contributed by atoms with E-state index in [0.29, 0.717) is 11.5 Å². The van der Waals surface area contributed by atoms with Crippen molar-refractivity contribution in [2.75, 3.05) is 0 Å². The van der Waals surface area contributed by atoms with Crippen molar-refractivity contribution >= 4 is 8.07 Å². The molecule has 0 saturated heterocycles. The SMILES string of the molecule is CC(C)/C=C/[C@H](c1ccccc1)[Si](C)(C)C. The molecule has 0 aliphatic rings. The van der Waals surface area contributed by atoms with E-state index in [9.17, 15) is 0 Å². The minimum absolute atomic E-state index is 0.635. The summed E-state index contributed by atoms with van der Waals surface area (Å²) in [6.45, 7) is 11.8. The third kappa shape index (κ3) is 3.97. The smallest absolute Gasteiger partial charge is 0.0565 e. The Labute approximate surface area is 101 Å². The van der Waals surface area contributed by atoms with Crippen LogP contribution in [-0.2, 0) is 0 Å². The van der Waals surface area contributed by atoms with Crippen LogP contribution < -0.4 is 0 Å². The highest BCUT2D eigenvalue weighted by atomic mass is 28.3. The van der Waals surface area contributed by atoms with Crippen LogP contribution in [0.15, 0.2) is 42.5 Å². The van der Waals surface area contributed by atoms with E-state index in [1.54, 1.807) is 0 Å². The average molecular weight is 232 g/mol. The molecule has 0 amide bonds. The molecule has 0 radical (unpaired) electrons. The second kappa shape index (κ2) is 5.49. The Bertz CT molecular complexity index is 330. The van der Waals surface area contributed by atoms with Crippen LogP contribution in [0.4, 0.5) is 0 Å². The normalized spacial score (nSPS) is 14.6. The predicted molar refractivity (Wildman–Crippen MR) is 76.5 cm³/mol. The first-order valence-corrected chi connectivity index (χ1v) is 9.72. The summed E-state index contributed by atoms with van der Waals surface area (Å²) >= 11 is 0. The van der Waals surface area contributed by atoms with E-state index in [1.807, 2.05) is 0 Å². The molecule has 0 unspecified atom stereocenters. The Kier molecular flexibility index (Phi) is 4.54. The molecular formula is C15H24Si. The number of hydrogen-bond acceptors (Lipinski definition) is 0. The molecule has 1 heteroatoms. The molecule has 1 atom stereocenters. The molecule has 0 fully saturated rings. The summed E-state index contributed by atoms with van der Waals surface area (Å²) < 4.78 is 0. The molecular weight excluding hydrogens is 208 g/mol. The minimum Gasteiger partial charge on any atom is -0.0856 e. The number of rotatable bonds is 4. The van der Waals surface area contributed by atoms with Gasteiger partial charge in [-0.25, -0.2) is 0 Å². The predicted octanol–water partition coefficient (Wildman–Crippen LogP) is 4.86. The van der Waals surface area contributed by atoms with Crippen molar-refractivity contribution in [3.05, 3.63) is 48.0 Å². The monoisotopic (exact) mass is 232 g/mol. The van der Waals surface area contributed by atoms with Gasteiger partial charge in [-0.2, -0.15) is 0 Å². The molecule has 16 heavy (non-hydrogen) atoms. The quantitative estimate of drug-likeness (QED) is 0.514. The van der Waals surface area contributed by atoms with Gasteiger partial charge in [0.2, 0.25) is 0 Å². The first-order valence-electron chi connectivity index (χ1n) is 6.14. The fourth-order valence-electron chi connectivity index (χ4n) is 1.89. The van der Waals surface area contributed by atoms with Crippen molar-refractivity contribution in [3.8, 4) is 0 Å². The summed E-state index contributed by atoms with van der Waals surface area (Å²) in [6, 6.07) is 10.9. The molecule has 1 aromatic rings. The van der Waals surface area contributed by atoms with Crippen molar-refractivity contribution in [1.82, 2.24) is 0 Å². The highest BCUT2D eigenvalue weighted by Gasteiger charge is 2.25. The Morgan fingerprint density at radius 3 is 1.94 bits per heavy atom. The molecule has 0 aromatic heterocycles. The Hall–Kier alpha value is -0.823. The minimum atomic E-state index is -1.18. The van der Waals surface area contributed by atoms with Crippen LogP contribution >= 0.6 is 0 Å². The second-order valence-corrected chi connectivity index (χ2v) is 11.2. The maximum atomic E-state index is 2.44. The van der Waals surface area contributed by atoms with Crippen LogP contribution in [0.25, 0.3) is 0 Å². The van der Waals surface area contributed by atoms with E-state index >= 15 is 0 Å². The van der Waals surface area contributed by atoms with Gasteiger partial charge >= 0.3 is 0 Å². The third-order valence-corrected chi connectivity index (χ3v) is 5.17. The second-order valence-electron chi connectivity index (χ2n) is 5.88. The molecule has 0 bridgehead atoms. The molecule has 1 aromatic carbocycles. The summed E-state index contributed by atoms with van der Waals surface area (Å²) in [5.41, 5.74) is 2.11. The molecule has 0 aliphatic carbocycles. The van der Waals surface area contributed by atoms with E-state index in [4.69, 9.17) is 0 Å². The van der Waals surface area contributed by atoms with Crippen molar-refractivity contribution in [2.45, 2.75) is 39.0 Å². The first-order chi connectivity index (χ1) is 7.41. The lowest BCUT2D eigenvalue weighted by atomic mass is 10.1. The van der Waals surface area contributed by atoms with Crippen LogP contribution in [0.5, 0.6) is 0 Å². The maximum Gasteiger partial charge on any atom is 0.0565 e. The highest BCUT2D eigenvalue weighted by Crippen LogP contribution is 2.28. The summed E-state index contributed by atoms with van der Waals surface area (Å²) in [5.74, 6) is 0.641. The molecule has 88 valence electrons. The molecule has 0 aliphatic heterocycles. The van der Waals surface area contributed by atoms with Gasteiger partial charge in [-0.15, -0.1) is 0 Å². The van der Waals surface area contributed by atoms with Crippen molar-refractivity contribution in [1.29, 1.82) is 0 Å². The highest BCUT2D eigenvalue weighted by molar-refractivity contribution is 6.78. The van der Waals surface area contributed by atoms with Crippen molar-refractivity contribution < 1.29 is 0 Å². The van der Waals surface area contributed by atoms with Gasteiger partial charge in [-0.3, -0.25) is 0 Å².